The lowest BCUT2D eigenvalue weighted by atomic mass is 9.94. The molecule has 2 atom stereocenters. The molecule has 0 heterocycles. The van der Waals surface area contributed by atoms with Crippen molar-refractivity contribution < 1.29 is 9.84 Å². The third-order valence-corrected chi connectivity index (χ3v) is 6.00. The normalized spacial score (nSPS) is 13.7. The third-order valence-electron chi connectivity index (χ3n) is 6.00. The first-order valence-electron chi connectivity index (χ1n) is 13.0. The van der Waals surface area contributed by atoms with Crippen LogP contribution in [0.4, 0.5) is 0 Å². The first-order chi connectivity index (χ1) is 13.7. The highest BCUT2D eigenvalue weighted by Crippen LogP contribution is 2.20. The van der Waals surface area contributed by atoms with Crippen LogP contribution in [0.5, 0.6) is 0 Å². The highest BCUT2D eigenvalue weighted by molar-refractivity contribution is 4.61. The first kappa shape index (κ1) is 27.9. The Morgan fingerprint density at radius 2 is 0.857 bits per heavy atom. The lowest BCUT2D eigenvalue weighted by Crippen LogP contribution is -2.15. The number of unbranched alkanes of at least 4 members (excludes halogenated alkanes) is 16. The van der Waals surface area contributed by atoms with E-state index in [1.54, 1.807) is 6.92 Å². The van der Waals surface area contributed by atoms with Gasteiger partial charge >= 0.3 is 0 Å². The fourth-order valence-corrected chi connectivity index (χ4v) is 4.07. The third kappa shape index (κ3) is 22.2. The van der Waals surface area contributed by atoms with Crippen molar-refractivity contribution in [2.75, 3.05) is 6.61 Å². The lowest BCUT2D eigenvalue weighted by molar-refractivity contribution is -0.0978. The van der Waals surface area contributed by atoms with E-state index in [9.17, 15) is 5.11 Å². The SMILES string of the molecule is CCCCCCCCCCCCC(CCCCCCCCCC)COC(C)O. The van der Waals surface area contributed by atoms with Crippen LogP contribution in [-0.2, 0) is 4.74 Å². The van der Waals surface area contributed by atoms with Crippen molar-refractivity contribution in [3.05, 3.63) is 0 Å². The zero-order chi connectivity index (χ0) is 20.7. The Kier molecular flexibility index (Phi) is 23.1. The van der Waals surface area contributed by atoms with Crippen molar-refractivity contribution in [2.24, 2.45) is 5.92 Å². The number of aliphatic hydroxyl groups is 1. The zero-order valence-corrected chi connectivity index (χ0v) is 19.9. The van der Waals surface area contributed by atoms with Crippen LogP contribution in [0.25, 0.3) is 0 Å². The molecule has 170 valence electrons. The number of aliphatic hydroxyl groups excluding tert-OH is 1. The van der Waals surface area contributed by atoms with E-state index < -0.39 is 6.29 Å². The first-order valence-corrected chi connectivity index (χ1v) is 13.0. The second-order valence-electron chi connectivity index (χ2n) is 9.03. The molecule has 28 heavy (non-hydrogen) atoms. The fourth-order valence-electron chi connectivity index (χ4n) is 4.07. The number of ether oxygens (including phenoxy) is 1. The molecule has 2 unspecified atom stereocenters. The van der Waals surface area contributed by atoms with Gasteiger partial charge in [0.05, 0.1) is 6.61 Å². The quantitative estimate of drug-likeness (QED) is 0.138. The standard InChI is InChI=1S/C26H54O2/c1-4-6-8-10-12-14-15-17-19-21-23-26(24-28-25(3)27)22-20-18-16-13-11-9-7-5-2/h25-27H,4-24H2,1-3H3. The second kappa shape index (κ2) is 23.2. The van der Waals surface area contributed by atoms with E-state index >= 15 is 0 Å². The topological polar surface area (TPSA) is 29.5 Å². The average Bonchev–Trinajstić information content (AvgIpc) is 2.68. The van der Waals surface area contributed by atoms with Crippen LogP contribution in [-0.4, -0.2) is 18.0 Å². The van der Waals surface area contributed by atoms with Gasteiger partial charge in [-0.25, -0.2) is 0 Å². The molecule has 0 bridgehead atoms. The summed E-state index contributed by atoms with van der Waals surface area (Å²) in [7, 11) is 0. The molecule has 0 aliphatic heterocycles. The maximum Gasteiger partial charge on any atom is 0.151 e. The van der Waals surface area contributed by atoms with Gasteiger partial charge in [0.15, 0.2) is 6.29 Å². The van der Waals surface area contributed by atoms with E-state index in [1.165, 1.54) is 128 Å². The predicted molar refractivity (Wildman–Crippen MR) is 125 cm³/mol. The Hall–Kier alpha value is -0.0800. The molecular weight excluding hydrogens is 344 g/mol. The van der Waals surface area contributed by atoms with Crippen LogP contribution < -0.4 is 0 Å². The largest absolute Gasteiger partial charge is 0.368 e. The number of hydrogen-bond acceptors (Lipinski definition) is 2. The van der Waals surface area contributed by atoms with Gasteiger partial charge in [-0.15, -0.1) is 0 Å². The smallest absolute Gasteiger partial charge is 0.151 e. The maximum absolute atomic E-state index is 9.44. The van der Waals surface area contributed by atoms with E-state index in [-0.39, 0.29) is 0 Å². The van der Waals surface area contributed by atoms with Gasteiger partial charge < -0.3 is 9.84 Å². The highest BCUT2D eigenvalue weighted by atomic mass is 16.6. The van der Waals surface area contributed by atoms with Gasteiger partial charge in [0.1, 0.15) is 0 Å². The van der Waals surface area contributed by atoms with Crippen molar-refractivity contribution in [3.63, 3.8) is 0 Å². The van der Waals surface area contributed by atoms with Crippen molar-refractivity contribution in [3.8, 4) is 0 Å². The monoisotopic (exact) mass is 398 g/mol. The van der Waals surface area contributed by atoms with Gasteiger partial charge in [0.2, 0.25) is 0 Å². The predicted octanol–water partition coefficient (Wildman–Crippen LogP) is 8.80. The molecule has 0 aliphatic rings. The van der Waals surface area contributed by atoms with E-state index in [0.717, 1.165) is 6.61 Å². The van der Waals surface area contributed by atoms with Crippen LogP contribution in [0.15, 0.2) is 0 Å². The van der Waals surface area contributed by atoms with Crippen LogP contribution in [0.2, 0.25) is 0 Å². The molecule has 0 rings (SSSR count). The Labute approximate surface area is 178 Å². The summed E-state index contributed by atoms with van der Waals surface area (Å²) < 4.78 is 5.52. The van der Waals surface area contributed by atoms with Gasteiger partial charge in [0, 0.05) is 0 Å². The molecule has 0 aliphatic carbocycles. The highest BCUT2D eigenvalue weighted by Gasteiger charge is 2.10. The summed E-state index contributed by atoms with van der Waals surface area (Å²) in [5.41, 5.74) is 0. The second-order valence-corrected chi connectivity index (χ2v) is 9.03. The molecule has 1 N–H and O–H groups in total. The maximum atomic E-state index is 9.44. The molecule has 0 amide bonds. The molecule has 0 fully saturated rings. The van der Waals surface area contributed by atoms with Crippen molar-refractivity contribution >= 4 is 0 Å². The summed E-state index contributed by atoms with van der Waals surface area (Å²) >= 11 is 0. The molecule has 2 nitrogen and oxygen atoms in total. The Bertz CT molecular complexity index is 278. The van der Waals surface area contributed by atoms with E-state index in [4.69, 9.17) is 4.74 Å². The van der Waals surface area contributed by atoms with Crippen molar-refractivity contribution in [2.45, 2.75) is 155 Å². The van der Waals surface area contributed by atoms with E-state index in [2.05, 4.69) is 13.8 Å². The van der Waals surface area contributed by atoms with Gasteiger partial charge in [0.25, 0.3) is 0 Å². The minimum absolute atomic E-state index is 0.617. The summed E-state index contributed by atoms with van der Waals surface area (Å²) in [6.07, 6.45) is 27.0. The summed E-state index contributed by atoms with van der Waals surface area (Å²) in [5, 5.41) is 9.44. The molecule has 0 saturated heterocycles. The fraction of sp³-hybridized carbons (Fsp3) is 1.00. The molecule has 0 saturated carbocycles. The molecule has 0 aromatic heterocycles. The van der Waals surface area contributed by atoms with Crippen LogP contribution in [0.1, 0.15) is 149 Å². The Balaban J connectivity index is 3.64. The minimum Gasteiger partial charge on any atom is -0.368 e. The van der Waals surface area contributed by atoms with Crippen molar-refractivity contribution in [1.82, 2.24) is 0 Å². The molecular formula is C26H54O2. The van der Waals surface area contributed by atoms with Crippen LogP contribution in [0, 0.1) is 5.92 Å². The van der Waals surface area contributed by atoms with Crippen LogP contribution >= 0.6 is 0 Å². The summed E-state index contributed by atoms with van der Waals surface area (Å²) in [6.45, 7) is 7.04. The molecule has 0 aromatic rings. The Morgan fingerprint density at radius 3 is 1.18 bits per heavy atom. The lowest BCUT2D eigenvalue weighted by Gasteiger charge is -2.18. The van der Waals surface area contributed by atoms with Gasteiger partial charge in [-0.1, -0.05) is 129 Å². The summed E-state index contributed by atoms with van der Waals surface area (Å²) in [6, 6.07) is 0. The van der Waals surface area contributed by atoms with Crippen LogP contribution in [0.3, 0.4) is 0 Å². The number of hydrogen-bond donors (Lipinski definition) is 1. The van der Waals surface area contributed by atoms with Gasteiger partial charge in [-0.3, -0.25) is 0 Å². The number of rotatable bonds is 23. The molecule has 0 radical (unpaired) electrons. The van der Waals surface area contributed by atoms with Crippen molar-refractivity contribution in [1.29, 1.82) is 0 Å². The molecule has 2 heteroatoms. The van der Waals surface area contributed by atoms with Gasteiger partial charge in [-0.05, 0) is 25.7 Å². The van der Waals surface area contributed by atoms with E-state index in [1.807, 2.05) is 0 Å². The van der Waals surface area contributed by atoms with Gasteiger partial charge in [-0.2, -0.15) is 0 Å². The zero-order valence-electron chi connectivity index (χ0n) is 19.9. The van der Waals surface area contributed by atoms with E-state index in [0.29, 0.717) is 5.92 Å². The summed E-state index contributed by atoms with van der Waals surface area (Å²) in [4.78, 5) is 0. The minimum atomic E-state index is -0.617. The average molecular weight is 399 g/mol. The molecule has 0 aromatic carbocycles. The summed E-state index contributed by atoms with van der Waals surface area (Å²) in [5.74, 6) is 0.642. The Morgan fingerprint density at radius 1 is 0.536 bits per heavy atom. The molecule has 0 spiro atoms.